The van der Waals surface area contributed by atoms with Gasteiger partial charge in [0.2, 0.25) is 5.91 Å². The molecule has 3 rings (SSSR count). The van der Waals surface area contributed by atoms with Crippen LogP contribution in [0.5, 0.6) is 5.75 Å². The molecule has 0 bridgehead atoms. The first-order chi connectivity index (χ1) is 11.6. The van der Waals surface area contributed by atoms with Crippen molar-refractivity contribution in [3.63, 3.8) is 0 Å². The number of thiophene rings is 1. The zero-order valence-electron chi connectivity index (χ0n) is 12.8. The van der Waals surface area contributed by atoms with Gasteiger partial charge in [0.15, 0.2) is 0 Å². The van der Waals surface area contributed by atoms with Crippen molar-refractivity contribution in [2.45, 2.75) is 12.5 Å². The lowest BCUT2D eigenvalue weighted by molar-refractivity contribution is -0.121. The van der Waals surface area contributed by atoms with E-state index in [1.54, 1.807) is 41.8 Å². The van der Waals surface area contributed by atoms with E-state index in [-0.39, 0.29) is 18.2 Å². The number of benzene rings is 1. The summed E-state index contributed by atoms with van der Waals surface area (Å²) in [5, 5.41) is 1.78. The van der Waals surface area contributed by atoms with E-state index in [4.69, 9.17) is 4.74 Å². The van der Waals surface area contributed by atoms with Crippen LogP contribution < -0.4 is 20.5 Å². The van der Waals surface area contributed by atoms with Crippen molar-refractivity contribution < 1.29 is 19.1 Å². The fourth-order valence-electron chi connectivity index (χ4n) is 2.39. The fourth-order valence-corrected chi connectivity index (χ4v) is 3.01. The average Bonchev–Trinajstić information content (AvgIpc) is 3.21. The minimum atomic E-state index is -0.799. The molecule has 0 saturated carbocycles. The summed E-state index contributed by atoms with van der Waals surface area (Å²) in [6.07, 6.45) is -0.0270. The van der Waals surface area contributed by atoms with Crippen LogP contribution in [0.3, 0.4) is 0 Å². The van der Waals surface area contributed by atoms with Gasteiger partial charge in [-0.1, -0.05) is 12.1 Å². The molecule has 2 N–H and O–H groups in total. The predicted octanol–water partition coefficient (Wildman–Crippen LogP) is 1.32. The zero-order chi connectivity index (χ0) is 17.1. The molecule has 0 aliphatic carbocycles. The number of hydrogen-bond acceptors (Lipinski definition) is 6. The van der Waals surface area contributed by atoms with E-state index in [9.17, 15) is 14.4 Å². The largest absolute Gasteiger partial charge is 0.497 e. The number of amides is 3. The zero-order valence-corrected chi connectivity index (χ0v) is 13.6. The van der Waals surface area contributed by atoms with Crippen LogP contribution in [0.1, 0.15) is 16.1 Å². The minimum Gasteiger partial charge on any atom is -0.497 e. The van der Waals surface area contributed by atoms with Crippen LogP contribution in [0.15, 0.2) is 41.8 Å². The second-order valence-electron chi connectivity index (χ2n) is 5.10. The summed E-state index contributed by atoms with van der Waals surface area (Å²) >= 11 is 1.29. The smallest absolute Gasteiger partial charge is 0.275 e. The van der Waals surface area contributed by atoms with Crippen molar-refractivity contribution in [1.29, 1.82) is 0 Å². The Kier molecular flexibility index (Phi) is 4.59. The molecule has 1 aliphatic rings. The molecule has 0 spiro atoms. The molecular weight excluding hydrogens is 330 g/mol. The van der Waals surface area contributed by atoms with E-state index in [2.05, 4.69) is 10.9 Å². The Morgan fingerprint density at radius 1 is 1.29 bits per heavy atom. The molecule has 1 atom stereocenters. The number of hydrogen-bond donors (Lipinski definition) is 2. The summed E-state index contributed by atoms with van der Waals surface area (Å²) < 4.78 is 5.11. The average molecular weight is 345 g/mol. The summed E-state index contributed by atoms with van der Waals surface area (Å²) in [7, 11) is 1.51. The van der Waals surface area contributed by atoms with E-state index in [0.717, 1.165) is 4.90 Å². The van der Waals surface area contributed by atoms with Crippen molar-refractivity contribution in [3.05, 3.63) is 46.7 Å². The van der Waals surface area contributed by atoms with Crippen molar-refractivity contribution in [3.8, 4) is 5.75 Å². The van der Waals surface area contributed by atoms with Crippen molar-refractivity contribution in [1.82, 2.24) is 10.9 Å². The normalized spacial score (nSPS) is 17.2. The maximum absolute atomic E-state index is 12.5. The first kappa shape index (κ1) is 16.2. The number of nitrogens with zero attached hydrogens (tertiary/aromatic N) is 1. The summed E-state index contributed by atoms with van der Waals surface area (Å²) in [5.74, 6) is -0.545. The SMILES string of the molecule is COc1cccc(N2C(=O)C[C@@H](NNC(=O)c3cccs3)C2=O)c1. The van der Waals surface area contributed by atoms with Crippen LogP contribution in [-0.4, -0.2) is 30.9 Å². The number of ether oxygens (including phenoxy) is 1. The van der Waals surface area contributed by atoms with Gasteiger partial charge in [-0.15, -0.1) is 11.3 Å². The van der Waals surface area contributed by atoms with Gasteiger partial charge in [0.25, 0.3) is 11.8 Å². The van der Waals surface area contributed by atoms with Gasteiger partial charge in [-0.3, -0.25) is 19.8 Å². The molecule has 7 nitrogen and oxygen atoms in total. The standard InChI is InChI=1S/C16H15N3O4S/c1-23-11-5-2-4-10(8-11)19-14(20)9-12(16(19)22)17-18-15(21)13-6-3-7-24-13/h2-8,12,17H,9H2,1H3,(H,18,21)/t12-/m1/s1. The van der Waals surface area contributed by atoms with Gasteiger partial charge in [0.05, 0.1) is 24.1 Å². The molecule has 2 aromatic rings. The summed E-state index contributed by atoms with van der Waals surface area (Å²) in [4.78, 5) is 38.2. The lowest BCUT2D eigenvalue weighted by atomic mass is 10.2. The molecule has 8 heteroatoms. The molecule has 1 saturated heterocycles. The number of nitrogens with one attached hydrogen (secondary N) is 2. The van der Waals surface area contributed by atoms with Crippen LogP contribution in [-0.2, 0) is 9.59 Å². The quantitative estimate of drug-likeness (QED) is 0.630. The molecule has 1 fully saturated rings. The summed E-state index contributed by atoms with van der Waals surface area (Å²) in [6.45, 7) is 0. The molecule has 0 unspecified atom stereocenters. The first-order valence-corrected chi connectivity index (χ1v) is 8.08. The number of carbonyl (C=O) groups excluding carboxylic acids is 3. The third-order valence-electron chi connectivity index (χ3n) is 3.56. The maximum atomic E-state index is 12.5. The Hall–Kier alpha value is -2.71. The number of rotatable bonds is 5. The van der Waals surface area contributed by atoms with Crippen LogP contribution in [0.4, 0.5) is 5.69 Å². The van der Waals surface area contributed by atoms with Crippen LogP contribution in [0.25, 0.3) is 0 Å². The van der Waals surface area contributed by atoms with Gasteiger partial charge >= 0.3 is 0 Å². The van der Waals surface area contributed by atoms with E-state index >= 15 is 0 Å². The van der Waals surface area contributed by atoms with Crippen LogP contribution >= 0.6 is 11.3 Å². The fraction of sp³-hybridized carbons (Fsp3) is 0.188. The third-order valence-corrected chi connectivity index (χ3v) is 4.43. The molecule has 3 amide bonds. The Balaban J connectivity index is 1.68. The second-order valence-corrected chi connectivity index (χ2v) is 6.05. The topological polar surface area (TPSA) is 87.7 Å². The van der Waals surface area contributed by atoms with E-state index < -0.39 is 11.9 Å². The highest BCUT2D eigenvalue weighted by atomic mass is 32.1. The van der Waals surface area contributed by atoms with E-state index in [0.29, 0.717) is 16.3 Å². The molecule has 1 aromatic heterocycles. The van der Waals surface area contributed by atoms with E-state index in [1.165, 1.54) is 18.4 Å². The predicted molar refractivity (Wildman–Crippen MR) is 88.8 cm³/mol. The molecule has 0 radical (unpaired) electrons. The molecule has 124 valence electrons. The molecule has 24 heavy (non-hydrogen) atoms. The molecule has 2 heterocycles. The second kappa shape index (κ2) is 6.81. The van der Waals surface area contributed by atoms with Crippen LogP contribution in [0, 0.1) is 0 Å². The summed E-state index contributed by atoms with van der Waals surface area (Å²) in [5.41, 5.74) is 5.55. The summed E-state index contributed by atoms with van der Waals surface area (Å²) in [6, 6.07) is 9.33. The third kappa shape index (κ3) is 3.15. The monoisotopic (exact) mass is 345 g/mol. The molecular formula is C16H15N3O4S. The Labute approximate surface area is 142 Å². The Bertz CT molecular complexity index is 775. The van der Waals surface area contributed by atoms with Crippen molar-refractivity contribution in [2.75, 3.05) is 12.0 Å². The highest BCUT2D eigenvalue weighted by molar-refractivity contribution is 7.12. The van der Waals surface area contributed by atoms with Gasteiger partial charge in [-0.25, -0.2) is 10.3 Å². The Morgan fingerprint density at radius 3 is 2.83 bits per heavy atom. The lowest BCUT2D eigenvalue weighted by Crippen LogP contribution is -2.48. The van der Waals surface area contributed by atoms with Crippen molar-refractivity contribution in [2.24, 2.45) is 0 Å². The Morgan fingerprint density at radius 2 is 2.12 bits per heavy atom. The highest BCUT2D eigenvalue weighted by Crippen LogP contribution is 2.26. The highest BCUT2D eigenvalue weighted by Gasteiger charge is 2.39. The van der Waals surface area contributed by atoms with Crippen molar-refractivity contribution >= 4 is 34.7 Å². The number of anilines is 1. The number of methoxy groups -OCH3 is 1. The lowest BCUT2D eigenvalue weighted by Gasteiger charge is -2.16. The molecule has 1 aromatic carbocycles. The van der Waals surface area contributed by atoms with Gasteiger partial charge < -0.3 is 4.74 Å². The minimum absolute atomic E-state index is 0.0270. The maximum Gasteiger partial charge on any atom is 0.275 e. The van der Waals surface area contributed by atoms with Gasteiger partial charge in [-0.2, -0.15) is 0 Å². The number of hydrazine groups is 1. The van der Waals surface area contributed by atoms with Gasteiger partial charge in [0.1, 0.15) is 11.8 Å². The van der Waals surface area contributed by atoms with Crippen LogP contribution in [0.2, 0.25) is 0 Å². The first-order valence-electron chi connectivity index (χ1n) is 7.20. The molecule has 1 aliphatic heterocycles. The number of carbonyl (C=O) groups is 3. The van der Waals surface area contributed by atoms with E-state index in [1.807, 2.05) is 0 Å². The number of imide groups is 1. The van der Waals surface area contributed by atoms with Gasteiger partial charge in [-0.05, 0) is 23.6 Å². The van der Waals surface area contributed by atoms with Gasteiger partial charge in [0, 0.05) is 6.07 Å².